The summed E-state index contributed by atoms with van der Waals surface area (Å²) in [7, 11) is 0. The van der Waals surface area contributed by atoms with E-state index in [1.165, 1.54) is 0 Å². The standard InChI is InChI=1S/C2H7NO.C2H4.CH2O3/c3-1-2-4;1-2;2-1(3)4/h4H,1-3H2;1-2H2;(H2,2,3,4). The average molecular weight is 151 g/mol. The number of carbonyl (C=O) groups is 1. The van der Waals surface area contributed by atoms with Crippen molar-refractivity contribution in [2.24, 2.45) is 5.73 Å². The summed E-state index contributed by atoms with van der Waals surface area (Å²) < 4.78 is 0. The Morgan fingerprint density at radius 2 is 1.50 bits per heavy atom. The number of rotatable bonds is 1. The van der Waals surface area contributed by atoms with Gasteiger partial charge in [0, 0.05) is 6.54 Å². The quantitative estimate of drug-likeness (QED) is 0.394. The molecule has 62 valence electrons. The van der Waals surface area contributed by atoms with Gasteiger partial charge in [0.2, 0.25) is 0 Å². The van der Waals surface area contributed by atoms with Crippen LogP contribution < -0.4 is 5.73 Å². The molecule has 0 aliphatic rings. The zero-order chi connectivity index (χ0) is 8.99. The number of nitrogens with two attached hydrogens (primary N) is 1. The van der Waals surface area contributed by atoms with Crippen LogP contribution in [0.1, 0.15) is 0 Å². The van der Waals surface area contributed by atoms with Crippen LogP contribution in [0.4, 0.5) is 4.79 Å². The summed E-state index contributed by atoms with van der Waals surface area (Å²) in [5, 5.41) is 21.7. The van der Waals surface area contributed by atoms with Gasteiger partial charge >= 0.3 is 6.16 Å². The van der Waals surface area contributed by atoms with Gasteiger partial charge in [-0.3, -0.25) is 0 Å². The monoisotopic (exact) mass is 151 g/mol. The topological polar surface area (TPSA) is 104 Å². The van der Waals surface area contributed by atoms with Gasteiger partial charge in [0.25, 0.3) is 0 Å². The minimum Gasteiger partial charge on any atom is -0.450 e. The highest BCUT2D eigenvalue weighted by Gasteiger charge is 1.70. The van der Waals surface area contributed by atoms with Gasteiger partial charge in [-0.15, -0.1) is 13.2 Å². The first kappa shape index (κ1) is 16.0. The molecule has 5 heteroatoms. The van der Waals surface area contributed by atoms with Gasteiger partial charge in [-0.1, -0.05) is 0 Å². The third-order valence-electron chi connectivity index (χ3n) is 0.129. The van der Waals surface area contributed by atoms with Gasteiger partial charge < -0.3 is 21.1 Å². The van der Waals surface area contributed by atoms with Gasteiger partial charge in [0.15, 0.2) is 0 Å². The highest BCUT2D eigenvalue weighted by atomic mass is 16.6. The lowest BCUT2D eigenvalue weighted by atomic mass is 10.8. The van der Waals surface area contributed by atoms with E-state index in [-0.39, 0.29) is 6.61 Å². The zero-order valence-electron chi connectivity index (χ0n) is 5.66. The summed E-state index contributed by atoms with van der Waals surface area (Å²) in [6.07, 6.45) is -1.83. The molecule has 0 aromatic heterocycles. The SMILES string of the molecule is C=C.NCCO.O=C(O)O. The molecule has 10 heavy (non-hydrogen) atoms. The maximum atomic E-state index is 8.56. The first-order valence-electron chi connectivity index (χ1n) is 2.38. The van der Waals surface area contributed by atoms with E-state index >= 15 is 0 Å². The van der Waals surface area contributed by atoms with Crippen LogP contribution in [0.2, 0.25) is 0 Å². The zero-order valence-corrected chi connectivity index (χ0v) is 5.66. The van der Waals surface area contributed by atoms with E-state index in [0.29, 0.717) is 6.54 Å². The molecule has 0 heterocycles. The van der Waals surface area contributed by atoms with Crippen molar-refractivity contribution >= 4 is 6.16 Å². The van der Waals surface area contributed by atoms with E-state index in [4.69, 9.17) is 25.8 Å². The van der Waals surface area contributed by atoms with Crippen molar-refractivity contribution in [2.45, 2.75) is 0 Å². The summed E-state index contributed by atoms with van der Waals surface area (Å²) in [6.45, 7) is 6.47. The lowest BCUT2D eigenvalue weighted by Crippen LogP contribution is -2.02. The Kier molecular flexibility index (Phi) is 39.4. The minimum atomic E-state index is -1.83. The molecule has 0 radical (unpaired) electrons. The highest BCUT2D eigenvalue weighted by molar-refractivity contribution is 5.53. The maximum Gasteiger partial charge on any atom is 0.503 e. The first-order chi connectivity index (χ1) is 4.65. The number of aliphatic hydroxyl groups is 1. The fourth-order valence-electron chi connectivity index (χ4n) is 0. The van der Waals surface area contributed by atoms with E-state index in [2.05, 4.69) is 13.2 Å². The Balaban J connectivity index is -0.0000000787. The number of hydrogen-bond donors (Lipinski definition) is 4. The Hall–Kier alpha value is -1.07. The van der Waals surface area contributed by atoms with Crippen LogP contribution in [-0.4, -0.2) is 34.6 Å². The van der Waals surface area contributed by atoms with E-state index in [9.17, 15) is 0 Å². The van der Waals surface area contributed by atoms with Crippen LogP contribution in [0.15, 0.2) is 13.2 Å². The maximum absolute atomic E-state index is 8.56. The fourth-order valence-corrected chi connectivity index (χ4v) is 0. The van der Waals surface area contributed by atoms with E-state index < -0.39 is 6.16 Å². The average Bonchev–Trinajstić information content (AvgIpc) is 1.91. The normalized spacial score (nSPS) is 5.80. The van der Waals surface area contributed by atoms with E-state index in [0.717, 1.165) is 0 Å². The molecular formula is C5H13NO4. The molecule has 0 atom stereocenters. The predicted molar refractivity (Wildman–Crippen MR) is 38.0 cm³/mol. The van der Waals surface area contributed by atoms with Crippen LogP contribution in [0.5, 0.6) is 0 Å². The summed E-state index contributed by atoms with van der Waals surface area (Å²) in [5.41, 5.74) is 4.78. The van der Waals surface area contributed by atoms with E-state index in [1.807, 2.05) is 0 Å². The molecule has 0 aliphatic carbocycles. The van der Waals surface area contributed by atoms with Gasteiger partial charge in [0.1, 0.15) is 0 Å². The number of carboxylic acid groups (broad SMARTS) is 2. The van der Waals surface area contributed by atoms with Crippen molar-refractivity contribution in [2.75, 3.05) is 13.2 Å². The van der Waals surface area contributed by atoms with Gasteiger partial charge in [0.05, 0.1) is 6.61 Å². The molecule has 0 bridgehead atoms. The highest BCUT2D eigenvalue weighted by Crippen LogP contribution is 1.42. The van der Waals surface area contributed by atoms with Gasteiger partial charge in [-0.05, 0) is 0 Å². The first-order valence-corrected chi connectivity index (χ1v) is 2.38. The van der Waals surface area contributed by atoms with Crippen LogP contribution >= 0.6 is 0 Å². The number of hydrogen-bond acceptors (Lipinski definition) is 3. The smallest absolute Gasteiger partial charge is 0.450 e. The number of aliphatic hydroxyl groups excluding tert-OH is 1. The molecule has 0 rings (SSSR count). The molecular weight excluding hydrogens is 138 g/mol. The van der Waals surface area contributed by atoms with Crippen LogP contribution in [0, 0.1) is 0 Å². The molecule has 0 saturated heterocycles. The molecule has 0 saturated carbocycles. The molecule has 5 N–H and O–H groups in total. The van der Waals surface area contributed by atoms with Crippen LogP contribution in [0.25, 0.3) is 0 Å². The summed E-state index contributed by atoms with van der Waals surface area (Å²) in [6, 6.07) is 0. The lowest BCUT2D eigenvalue weighted by molar-refractivity contribution is 0.137. The molecule has 0 amide bonds. The summed E-state index contributed by atoms with van der Waals surface area (Å²) in [4.78, 5) is 8.56. The summed E-state index contributed by atoms with van der Waals surface area (Å²) >= 11 is 0. The molecule has 0 aliphatic heterocycles. The Bertz CT molecular complexity index is 60.7. The van der Waals surface area contributed by atoms with Crippen molar-refractivity contribution in [3.8, 4) is 0 Å². The van der Waals surface area contributed by atoms with Crippen molar-refractivity contribution < 1.29 is 20.1 Å². The third-order valence-corrected chi connectivity index (χ3v) is 0.129. The largest absolute Gasteiger partial charge is 0.503 e. The molecule has 0 aromatic carbocycles. The van der Waals surface area contributed by atoms with Gasteiger partial charge in [-0.2, -0.15) is 0 Å². The molecule has 5 nitrogen and oxygen atoms in total. The second kappa shape index (κ2) is 24.7. The summed E-state index contributed by atoms with van der Waals surface area (Å²) in [5.74, 6) is 0. The Labute approximate surface area is 59.4 Å². The lowest BCUT2D eigenvalue weighted by Gasteiger charge is -1.71. The van der Waals surface area contributed by atoms with Crippen LogP contribution in [0.3, 0.4) is 0 Å². The second-order valence-corrected chi connectivity index (χ2v) is 0.795. The predicted octanol–water partition coefficient (Wildman–Crippen LogP) is -0.0380. The second-order valence-electron chi connectivity index (χ2n) is 0.795. The minimum absolute atomic E-state index is 0.0972. The van der Waals surface area contributed by atoms with E-state index in [1.54, 1.807) is 0 Å². The van der Waals surface area contributed by atoms with Crippen molar-refractivity contribution in [3.63, 3.8) is 0 Å². The molecule has 0 spiro atoms. The Morgan fingerprint density at radius 1 is 1.40 bits per heavy atom. The fraction of sp³-hybridized carbons (Fsp3) is 0.400. The third kappa shape index (κ3) is 49700. The molecule has 0 aromatic rings. The Morgan fingerprint density at radius 3 is 1.50 bits per heavy atom. The van der Waals surface area contributed by atoms with Gasteiger partial charge in [-0.25, -0.2) is 4.79 Å². The van der Waals surface area contributed by atoms with Crippen molar-refractivity contribution in [3.05, 3.63) is 13.2 Å². The van der Waals surface area contributed by atoms with Crippen molar-refractivity contribution in [1.29, 1.82) is 0 Å². The van der Waals surface area contributed by atoms with Crippen LogP contribution in [-0.2, 0) is 0 Å². The molecule has 0 unspecified atom stereocenters. The molecule has 0 fully saturated rings. The van der Waals surface area contributed by atoms with Crippen molar-refractivity contribution in [1.82, 2.24) is 0 Å².